The molecule has 0 amide bonds. The van der Waals surface area contributed by atoms with Crippen LogP contribution in [-0.2, 0) is 6.54 Å². The first-order chi connectivity index (χ1) is 13.3. The number of rotatable bonds is 3. The van der Waals surface area contributed by atoms with Gasteiger partial charge in [0, 0.05) is 29.7 Å². The molecule has 0 atom stereocenters. The molecule has 5 rings (SSSR count). The van der Waals surface area contributed by atoms with Gasteiger partial charge in [-0.15, -0.1) is 0 Å². The highest BCUT2D eigenvalue weighted by atomic mass is 16.5. The average Bonchev–Trinajstić information content (AvgIpc) is 3.13. The van der Waals surface area contributed by atoms with Crippen LogP contribution in [0.3, 0.4) is 0 Å². The SMILES string of the molecule is CCn1c(-c2ccccc2OC)nc2c3cccnc3c3ncccc3c21. The fourth-order valence-corrected chi connectivity index (χ4v) is 3.83. The van der Waals surface area contributed by atoms with E-state index in [9.17, 15) is 0 Å². The first-order valence-electron chi connectivity index (χ1n) is 8.98. The first-order valence-corrected chi connectivity index (χ1v) is 8.98. The largest absolute Gasteiger partial charge is 0.496 e. The van der Waals surface area contributed by atoms with Gasteiger partial charge < -0.3 is 9.30 Å². The maximum absolute atomic E-state index is 5.59. The van der Waals surface area contributed by atoms with Gasteiger partial charge in [0.15, 0.2) is 0 Å². The van der Waals surface area contributed by atoms with Crippen molar-refractivity contribution in [3.63, 3.8) is 0 Å². The number of methoxy groups -OCH3 is 1. The van der Waals surface area contributed by atoms with Crippen molar-refractivity contribution in [1.29, 1.82) is 0 Å². The molecule has 0 saturated heterocycles. The van der Waals surface area contributed by atoms with Crippen LogP contribution < -0.4 is 4.74 Å². The monoisotopic (exact) mass is 354 g/mol. The van der Waals surface area contributed by atoms with Gasteiger partial charge in [0.1, 0.15) is 11.6 Å². The second-order valence-corrected chi connectivity index (χ2v) is 6.38. The van der Waals surface area contributed by atoms with Gasteiger partial charge in [-0.1, -0.05) is 12.1 Å². The highest BCUT2D eigenvalue weighted by Crippen LogP contribution is 2.37. The van der Waals surface area contributed by atoms with Crippen molar-refractivity contribution in [2.24, 2.45) is 0 Å². The topological polar surface area (TPSA) is 52.8 Å². The van der Waals surface area contributed by atoms with Crippen LogP contribution in [0.25, 0.3) is 44.2 Å². The quantitative estimate of drug-likeness (QED) is 0.436. The van der Waals surface area contributed by atoms with E-state index in [1.807, 2.05) is 42.6 Å². The van der Waals surface area contributed by atoms with E-state index in [0.29, 0.717) is 0 Å². The van der Waals surface area contributed by atoms with Crippen molar-refractivity contribution >= 4 is 32.8 Å². The van der Waals surface area contributed by atoms with Gasteiger partial charge in [-0.25, -0.2) is 4.98 Å². The van der Waals surface area contributed by atoms with E-state index in [4.69, 9.17) is 9.72 Å². The predicted octanol–water partition coefficient (Wildman–Crippen LogP) is 4.83. The van der Waals surface area contributed by atoms with E-state index in [2.05, 4.69) is 33.6 Å². The molecule has 132 valence electrons. The minimum Gasteiger partial charge on any atom is -0.496 e. The van der Waals surface area contributed by atoms with Gasteiger partial charge >= 0.3 is 0 Å². The summed E-state index contributed by atoms with van der Waals surface area (Å²) in [6, 6.07) is 16.1. The number of nitrogens with zero attached hydrogens (tertiary/aromatic N) is 4. The number of hydrogen-bond acceptors (Lipinski definition) is 4. The Bertz CT molecular complexity index is 1310. The fraction of sp³-hybridized carbons (Fsp3) is 0.136. The normalized spacial score (nSPS) is 11.5. The van der Waals surface area contributed by atoms with Gasteiger partial charge in [0.2, 0.25) is 0 Å². The van der Waals surface area contributed by atoms with Crippen LogP contribution >= 0.6 is 0 Å². The highest BCUT2D eigenvalue weighted by Gasteiger charge is 2.20. The fourth-order valence-electron chi connectivity index (χ4n) is 3.83. The molecule has 3 aromatic heterocycles. The van der Waals surface area contributed by atoms with Crippen molar-refractivity contribution in [3.8, 4) is 17.1 Å². The molecular weight excluding hydrogens is 336 g/mol. The van der Waals surface area contributed by atoms with Crippen LogP contribution in [0.5, 0.6) is 5.75 Å². The Hall–Kier alpha value is -3.47. The summed E-state index contributed by atoms with van der Waals surface area (Å²) in [5, 5.41) is 2.08. The van der Waals surface area contributed by atoms with Crippen LogP contribution in [-0.4, -0.2) is 26.6 Å². The van der Waals surface area contributed by atoms with Crippen molar-refractivity contribution < 1.29 is 4.74 Å². The van der Waals surface area contributed by atoms with E-state index in [0.717, 1.165) is 56.5 Å². The lowest BCUT2D eigenvalue weighted by molar-refractivity contribution is 0.416. The number of fused-ring (bicyclic) bond motifs is 6. The molecule has 3 heterocycles. The molecule has 0 radical (unpaired) electrons. The van der Waals surface area contributed by atoms with Crippen LogP contribution in [0.2, 0.25) is 0 Å². The molecule has 0 aliphatic carbocycles. The van der Waals surface area contributed by atoms with Crippen molar-refractivity contribution in [2.45, 2.75) is 13.5 Å². The van der Waals surface area contributed by atoms with Gasteiger partial charge in [0.05, 0.1) is 34.7 Å². The van der Waals surface area contributed by atoms with Crippen molar-refractivity contribution in [2.75, 3.05) is 7.11 Å². The highest BCUT2D eigenvalue weighted by molar-refractivity contribution is 6.21. The summed E-state index contributed by atoms with van der Waals surface area (Å²) in [5.74, 6) is 1.71. The smallest absolute Gasteiger partial charge is 0.144 e. The average molecular weight is 354 g/mol. The second kappa shape index (κ2) is 6.06. The zero-order chi connectivity index (χ0) is 18.4. The number of ether oxygens (including phenoxy) is 1. The van der Waals surface area contributed by atoms with E-state index in [1.165, 1.54) is 0 Å². The van der Waals surface area contributed by atoms with Gasteiger partial charge in [-0.05, 0) is 43.3 Å². The third-order valence-electron chi connectivity index (χ3n) is 4.98. The number of aryl methyl sites for hydroxylation is 1. The summed E-state index contributed by atoms with van der Waals surface area (Å²) in [6.45, 7) is 2.93. The Labute approximate surface area is 156 Å². The zero-order valence-corrected chi connectivity index (χ0v) is 15.2. The molecule has 0 N–H and O–H groups in total. The molecule has 0 aliphatic rings. The maximum Gasteiger partial charge on any atom is 0.144 e. The summed E-state index contributed by atoms with van der Waals surface area (Å²) >= 11 is 0. The molecule has 0 aliphatic heterocycles. The van der Waals surface area contributed by atoms with E-state index in [-0.39, 0.29) is 0 Å². The lowest BCUT2D eigenvalue weighted by atomic mass is 10.1. The van der Waals surface area contributed by atoms with Gasteiger partial charge in [-0.2, -0.15) is 0 Å². The number of para-hydroxylation sites is 1. The Balaban J connectivity index is 2.02. The molecule has 0 fully saturated rings. The lowest BCUT2D eigenvalue weighted by Gasteiger charge is -2.11. The van der Waals surface area contributed by atoms with E-state index in [1.54, 1.807) is 13.3 Å². The Morgan fingerprint density at radius 2 is 1.56 bits per heavy atom. The van der Waals surface area contributed by atoms with Crippen LogP contribution in [0.4, 0.5) is 0 Å². The number of hydrogen-bond donors (Lipinski definition) is 0. The summed E-state index contributed by atoms with van der Waals surface area (Å²) in [5.41, 5.74) is 4.80. The Morgan fingerprint density at radius 1 is 0.852 bits per heavy atom. The van der Waals surface area contributed by atoms with Gasteiger partial charge in [-0.3, -0.25) is 9.97 Å². The third-order valence-corrected chi connectivity index (χ3v) is 4.98. The summed E-state index contributed by atoms with van der Waals surface area (Å²) < 4.78 is 7.83. The number of benzene rings is 2. The second-order valence-electron chi connectivity index (χ2n) is 6.38. The van der Waals surface area contributed by atoms with Crippen LogP contribution in [0.15, 0.2) is 60.9 Å². The molecule has 0 bridgehead atoms. The standard InChI is InChI=1S/C22H18N4O/c1-3-26-21-16-10-7-13-24-19(16)18-15(9-6-12-23-18)20(21)25-22(26)14-8-4-5-11-17(14)27-2/h4-13H,3H2,1-2H3. The molecule has 0 spiro atoms. The van der Waals surface area contributed by atoms with Gasteiger partial charge in [0.25, 0.3) is 0 Å². The molecule has 5 heteroatoms. The molecule has 2 aromatic carbocycles. The minimum atomic E-state index is 0.791. The molecule has 0 unspecified atom stereocenters. The molecule has 5 aromatic rings. The van der Waals surface area contributed by atoms with E-state index < -0.39 is 0 Å². The van der Waals surface area contributed by atoms with Crippen molar-refractivity contribution in [1.82, 2.24) is 19.5 Å². The zero-order valence-electron chi connectivity index (χ0n) is 15.2. The molecule has 0 saturated carbocycles. The number of imidazole rings is 1. The lowest BCUT2D eigenvalue weighted by Crippen LogP contribution is -1.99. The minimum absolute atomic E-state index is 0.791. The summed E-state index contributed by atoms with van der Waals surface area (Å²) in [4.78, 5) is 14.3. The number of pyridine rings is 2. The Morgan fingerprint density at radius 3 is 2.30 bits per heavy atom. The first kappa shape index (κ1) is 15.8. The number of aromatic nitrogens is 4. The Kier molecular flexibility index (Phi) is 3.53. The maximum atomic E-state index is 5.59. The predicted molar refractivity (Wildman–Crippen MR) is 108 cm³/mol. The molecular formula is C22H18N4O. The molecule has 27 heavy (non-hydrogen) atoms. The summed E-state index contributed by atoms with van der Waals surface area (Å²) in [6.07, 6.45) is 3.62. The molecule has 5 nitrogen and oxygen atoms in total. The van der Waals surface area contributed by atoms with E-state index >= 15 is 0 Å². The van der Waals surface area contributed by atoms with Crippen molar-refractivity contribution in [3.05, 3.63) is 60.9 Å². The third kappa shape index (κ3) is 2.21. The van der Waals surface area contributed by atoms with Crippen LogP contribution in [0, 0.1) is 0 Å². The summed E-state index contributed by atoms with van der Waals surface area (Å²) in [7, 11) is 1.69. The van der Waals surface area contributed by atoms with Crippen LogP contribution in [0.1, 0.15) is 6.92 Å².